The summed E-state index contributed by atoms with van der Waals surface area (Å²) in [5.41, 5.74) is -0.0224. The minimum atomic E-state index is -1.14. The second-order valence-electron chi connectivity index (χ2n) is 7.12. The summed E-state index contributed by atoms with van der Waals surface area (Å²) in [5, 5.41) is 15.9. The van der Waals surface area contributed by atoms with Gasteiger partial charge in [-0.15, -0.1) is 11.3 Å². The van der Waals surface area contributed by atoms with E-state index >= 15 is 0 Å². The molecule has 2 heterocycles. The van der Waals surface area contributed by atoms with Gasteiger partial charge in [-0.05, 0) is 43.2 Å². The highest BCUT2D eigenvalue weighted by Crippen LogP contribution is 2.27. The summed E-state index contributed by atoms with van der Waals surface area (Å²) in [7, 11) is 3.35. The van der Waals surface area contributed by atoms with Crippen LogP contribution in [-0.2, 0) is 4.79 Å². The van der Waals surface area contributed by atoms with Crippen molar-refractivity contribution in [2.75, 3.05) is 27.2 Å². The fourth-order valence-corrected chi connectivity index (χ4v) is 3.94. The molecule has 1 fully saturated rings. The Morgan fingerprint density at radius 1 is 1.48 bits per heavy atom. The van der Waals surface area contributed by atoms with E-state index in [0.717, 1.165) is 12.0 Å². The van der Waals surface area contributed by atoms with Crippen molar-refractivity contribution in [1.29, 1.82) is 0 Å². The number of piperidine rings is 1. The highest BCUT2D eigenvalue weighted by Gasteiger charge is 2.37. The molecule has 2 rings (SSSR count). The Labute approximate surface area is 153 Å². The Morgan fingerprint density at radius 2 is 2.20 bits per heavy atom. The number of hydrogen-bond donors (Lipinski definition) is 2. The molecule has 1 saturated heterocycles. The van der Waals surface area contributed by atoms with Crippen molar-refractivity contribution < 1.29 is 14.7 Å². The van der Waals surface area contributed by atoms with E-state index in [1.54, 1.807) is 30.3 Å². The number of hydrogen-bond acceptors (Lipinski definition) is 4. The van der Waals surface area contributed by atoms with Crippen LogP contribution in [0, 0.1) is 6.92 Å². The first-order valence-electron chi connectivity index (χ1n) is 8.77. The van der Waals surface area contributed by atoms with Gasteiger partial charge in [0.25, 0.3) is 0 Å². The maximum atomic E-state index is 12.7. The smallest absolute Gasteiger partial charge is 0.317 e. The largest absolute Gasteiger partial charge is 0.387 e. The quantitative estimate of drug-likeness (QED) is 0.840. The topological polar surface area (TPSA) is 72.9 Å². The molecule has 0 bridgehead atoms. The summed E-state index contributed by atoms with van der Waals surface area (Å²) in [5.74, 6) is -0.120. The molecule has 3 amide bonds. The standard InChI is InChI=1S/C18H29N3O3S/c1-5-15(14-9-13(2)25-11-14)19-17(23)21-8-6-7-18(24,12-21)10-16(22)20(3)4/h9,11,15,24H,5-8,10,12H2,1-4H3,(H,19,23). The Hall–Kier alpha value is -1.60. The number of rotatable bonds is 5. The maximum Gasteiger partial charge on any atom is 0.317 e. The van der Waals surface area contributed by atoms with Crippen LogP contribution in [-0.4, -0.2) is 59.6 Å². The van der Waals surface area contributed by atoms with Crippen molar-refractivity contribution in [2.45, 2.75) is 51.2 Å². The molecule has 1 aromatic rings. The highest BCUT2D eigenvalue weighted by molar-refractivity contribution is 7.10. The van der Waals surface area contributed by atoms with E-state index in [4.69, 9.17) is 0 Å². The van der Waals surface area contributed by atoms with Gasteiger partial charge in [0.15, 0.2) is 0 Å². The van der Waals surface area contributed by atoms with Crippen molar-refractivity contribution in [2.24, 2.45) is 0 Å². The van der Waals surface area contributed by atoms with Gasteiger partial charge in [0.2, 0.25) is 5.91 Å². The molecule has 1 aliphatic rings. The molecule has 2 N–H and O–H groups in total. The van der Waals surface area contributed by atoms with Crippen LogP contribution in [0.3, 0.4) is 0 Å². The van der Waals surface area contributed by atoms with Crippen LogP contribution in [0.2, 0.25) is 0 Å². The number of urea groups is 1. The first kappa shape index (κ1) is 19.7. The molecule has 25 heavy (non-hydrogen) atoms. The zero-order chi connectivity index (χ0) is 18.6. The Kier molecular flexibility index (Phi) is 6.46. The summed E-state index contributed by atoms with van der Waals surface area (Å²) in [6.07, 6.45) is 2.08. The van der Waals surface area contributed by atoms with Gasteiger partial charge >= 0.3 is 6.03 Å². The van der Waals surface area contributed by atoms with Crippen LogP contribution < -0.4 is 5.32 Å². The number of nitrogens with one attached hydrogen (secondary N) is 1. The highest BCUT2D eigenvalue weighted by atomic mass is 32.1. The van der Waals surface area contributed by atoms with E-state index in [9.17, 15) is 14.7 Å². The van der Waals surface area contributed by atoms with Crippen LogP contribution in [0.5, 0.6) is 0 Å². The van der Waals surface area contributed by atoms with E-state index in [0.29, 0.717) is 19.4 Å². The SMILES string of the molecule is CCC(NC(=O)N1CCCC(O)(CC(=O)N(C)C)C1)c1csc(C)c1. The van der Waals surface area contributed by atoms with Gasteiger partial charge in [0.1, 0.15) is 0 Å². The molecular formula is C18H29N3O3S. The minimum Gasteiger partial charge on any atom is -0.387 e. The second kappa shape index (κ2) is 8.19. The monoisotopic (exact) mass is 367 g/mol. The molecule has 2 unspecified atom stereocenters. The van der Waals surface area contributed by atoms with E-state index in [1.165, 1.54) is 9.78 Å². The predicted octanol–water partition coefficient (Wildman–Crippen LogP) is 2.52. The number of likely N-dealkylation sites (tertiary alicyclic amines) is 1. The van der Waals surface area contributed by atoms with Crippen LogP contribution in [0.15, 0.2) is 11.4 Å². The molecule has 2 atom stereocenters. The van der Waals surface area contributed by atoms with Crippen molar-refractivity contribution in [3.63, 3.8) is 0 Å². The summed E-state index contributed by atoms with van der Waals surface area (Å²) in [6.45, 7) is 4.89. The van der Waals surface area contributed by atoms with Crippen LogP contribution >= 0.6 is 11.3 Å². The number of β-amino-alcohol motifs (C(OH)–C–C–N with tert-alkyl or cyclic N) is 1. The van der Waals surface area contributed by atoms with Crippen LogP contribution in [0.25, 0.3) is 0 Å². The van der Waals surface area contributed by atoms with E-state index in [-0.39, 0.29) is 30.9 Å². The Balaban J connectivity index is 1.99. The van der Waals surface area contributed by atoms with Gasteiger partial charge in [0, 0.05) is 25.5 Å². The minimum absolute atomic E-state index is 0.0316. The fraction of sp³-hybridized carbons (Fsp3) is 0.667. The van der Waals surface area contributed by atoms with E-state index < -0.39 is 5.60 Å². The molecule has 1 aliphatic heterocycles. The number of aryl methyl sites for hydroxylation is 1. The Morgan fingerprint density at radius 3 is 2.76 bits per heavy atom. The first-order chi connectivity index (χ1) is 11.7. The van der Waals surface area contributed by atoms with Crippen molar-refractivity contribution in [3.05, 3.63) is 21.9 Å². The molecule has 0 aliphatic carbocycles. The van der Waals surface area contributed by atoms with Gasteiger partial charge in [-0.25, -0.2) is 4.79 Å². The number of thiophene rings is 1. The average Bonchev–Trinajstić information content (AvgIpc) is 2.98. The number of carbonyl (C=O) groups is 2. The maximum absolute atomic E-state index is 12.7. The number of aliphatic hydroxyl groups is 1. The normalized spacial score (nSPS) is 21.7. The van der Waals surface area contributed by atoms with Gasteiger partial charge in [-0.2, -0.15) is 0 Å². The van der Waals surface area contributed by atoms with E-state index in [1.807, 2.05) is 6.92 Å². The van der Waals surface area contributed by atoms with Gasteiger partial charge in [0.05, 0.1) is 24.6 Å². The fourth-order valence-electron chi connectivity index (χ4n) is 3.18. The zero-order valence-electron chi connectivity index (χ0n) is 15.5. The first-order valence-corrected chi connectivity index (χ1v) is 9.65. The molecular weight excluding hydrogens is 338 g/mol. The number of amides is 3. The number of carbonyl (C=O) groups excluding carboxylic acids is 2. The summed E-state index contributed by atoms with van der Waals surface area (Å²) in [4.78, 5) is 28.9. The molecule has 0 spiro atoms. The van der Waals surface area contributed by atoms with Crippen LogP contribution in [0.1, 0.15) is 49.1 Å². The average molecular weight is 368 g/mol. The lowest BCUT2D eigenvalue weighted by atomic mass is 9.89. The summed E-state index contributed by atoms with van der Waals surface area (Å²) < 4.78 is 0. The van der Waals surface area contributed by atoms with Gasteiger partial charge in [-0.3, -0.25) is 4.79 Å². The molecule has 0 aromatic carbocycles. The third-order valence-corrected chi connectivity index (χ3v) is 5.56. The van der Waals surface area contributed by atoms with Gasteiger partial charge in [-0.1, -0.05) is 6.92 Å². The lowest BCUT2D eigenvalue weighted by Crippen LogP contribution is -2.54. The third-order valence-electron chi connectivity index (χ3n) is 4.68. The molecule has 0 radical (unpaired) electrons. The predicted molar refractivity (Wildman–Crippen MR) is 99.7 cm³/mol. The van der Waals surface area contributed by atoms with Crippen molar-refractivity contribution >= 4 is 23.3 Å². The van der Waals surface area contributed by atoms with Crippen molar-refractivity contribution in [1.82, 2.24) is 15.1 Å². The molecule has 0 saturated carbocycles. The third kappa shape index (κ3) is 5.19. The lowest BCUT2D eigenvalue weighted by Gasteiger charge is -2.39. The lowest BCUT2D eigenvalue weighted by molar-refractivity contribution is -0.135. The molecule has 6 nitrogen and oxygen atoms in total. The molecule has 140 valence electrons. The number of nitrogens with zero attached hydrogens (tertiary/aromatic N) is 2. The second-order valence-corrected chi connectivity index (χ2v) is 8.23. The van der Waals surface area contributed by atoms with Gasteiger partial charge < -0.3 is 20.2 Å². The molecule has 7 heteroatoms. The van der Waals surface area contributed by atoms with Crippen molar-refractivity contribution in [3.8, 4) is 0 Å². The summed E-state index contributed by atoms with van der Waals surface area (Å²) >= 11 is 1.67. The zero-order valence-corrected chi connectivity index (χ0v) is 16.4. The molecule has 1 aromatic heterocycles. The summed E-state index contributed by atoms with van der Waals surface area (Å²) in [6, 6.07) is 1.89. The Bertz CT molecular complexity index is 616. The van der Waals surface area contributed by atoms with Crippen LogP contribution in [0.4, 0.5) is 4.79 Å². The van der Waals surface area contributed by atoms with E-state index in [2.05, 4.69) is 23.7 Å².